The number of fused-ring (bicyclic) bond motifs is 1. The van der Waals surface area contributed by atoms with Crippen molar-refractivity contribution in [2.75, 3.05) is 30.8 Å². The van der Waals surface area contributed by atoms with E-state index in [-0.39, 0.29) is 70.7 Å². The van der Waals surface area contributed by atoms with Gasteiger partial charge >= 0.3 is 0 Å². The molecule has 0 bridgehead atoms. The van der Waals surface area contributed by atoms with Gasteiger partial charge in [-0.2, -0.15) is 5.26 Å². The van der Waals surface area contributed by atoms with Gasteiger partial charge in [0.2, 0.25) is 5.91 Å². The van der Waals surface area contributed by atoms with Crippen molar-refractivity contribution in [1.82, 2.24) is 19.4 Å². The van der Waals surface area contributed by atoms with E-state index < -0.39 is 38.5 Å². The monoisotopic (exact) mass is 715 g/mol. The van der Waals surface area contributed by atoms with Gasteiger partial charge in [0.25, 0.3) is 5.56 Å². The third kappa shape index (κ3) is 5.50. The molecule has 2 N–H and O–H groups in total. The van der Waals surface area contributed by atoms with Crippen molar-refractivity contribution in [2.24, 2.45) is 5.92 Å². The normalized spacial score (nSPS) is 19.8. The Bertz CT molecular complexity index is 2010. The number of hydrogen-bond donors (Lipinski definition) is 1. The van der Waals surface area contributed by atoms with Crippen molar-refractivity contribution < 1.29 is 13.6 Å². The summed E-state index contributed by atoms with van der Waals surface area (Å²) in [4.78, 5) is 37.6. The maximum atomic E-state index is 15.6. The second-order valence-electron chi connectivity index (χ2n) is 12.5. The SMILES string of the molecule is C=CC(=O)N1[C@H](C)CN(c2c(C#N)c(=O)n(C3=C(C)C=CN(C)C3C(C)C)c3nc(-c4c(F)c(F)c(Cl)c(N)c4Cl)c(Cl)cc23)C[C@@H]1C. The molecule has 4 heterocycles. The number of allylic oxidation sites excluding steroid dienone is 2. The number of nitrogen functional groups attached to an aromatic ring is 1. The molecule has 2 aromatic heterocycles. The first kappa shape index (κ1) is 35.2. The van der Waals surface area contributed by atoms with Crippen molar-refractivity contribution in [3.05, 3.63) is 79.2 Å². The first-order valence-electron chi connectivity index (χ1n) is 15.2. The Kier molecular flexibility index (Phi) is 9.58. The van der Waals surface area contributed by atoms with E-state index in [1.165, 1.54) is 16.7 Å². The van der Waals surface area contributed by atoms with Crippen LogP contribution >= 0.6 is 34.8 Å². The molecule has 9 nitrogen and oxygen atoms in total. The molecule has 3 aromatic rings. The van der Waals surface area contributed by atoms with Crippen LogP contribution in [0.2, 0.25) is 15.1 Å². The van der Waals surface area contributed by atoms with Crippen LogP contribution in [0.1, 0.15) is 40.2 Å². The van der Waals surface area contributed by atoms with Gasteiger partial charge in [0, 0.05) is 37.6 Å². The highest BCUT2D eigenvalue weighted by atomic mass is 35.5. The number of anilines is 2. The van der Waals surface area contributed by atoms with Gasteiger partial charge in [0.15, 0.2) is 11.6 Å². The van der Waals surface area contributed by atoms with Crippen LogP contribution in [-0.2, 0) is 4.79 Å². The average Bonchev–Trinajstić information content (AvgIpc) is 3.03. The lowest BCUT2D eigenvalue weighted by molar-refractivity contribution is -0.130. The standard InChI is InChI=1S/C34H34Cl3F2N7O2/c1-8-22(47)45-17(5)13-44(14-18(45)6)32-19-11-21(35)29(23-24(36)28(41)25(37)27(39)26(23)38)42-33(19)46(34(48)20(32)12-40)31-16(4)9-10-43(7)30(31)15(2)3/h8-11,15,17-18,30H,1,13-14,41H2,2-7H3/t17-,18+,30?. The lowest BCUT2D eigenvalue weighted by Crippen LogP contribution is -2.58. The van der Waals surface area contributed by atoms with Crippen molar-refractivity contribution in [2.45, 2.75) is 52.7 Å². The van der Waals surface area contributed by atoms with Gasteiger partial charge in [-0.15, -0.1) is 0 Å². The third-order valence-corrected chi connectivity index (χ3v) is 9.99. The number of benzene rings is 1. The molecule has 0 spiro atoms. The van der Waals surface area contributed by atoms with E-state index in [9.17, 15) is 19.2 Å². The van der Waals surface area contributed by atoms with E-state index >= 15 is 4.39 Å². The van der Waals surface area contributed by atoms with Gasteiger partial charge in [-0.05, 0) is 56.7 Å². The van der Waals surface area contributed by atoms with E-state index in [1.807, 2.05) is 63.7 Å². The molecule has 2 aliphatic heterocycles. The van der Waals surface area contributed by atoms with Crippen LogP contribution < -0.4 is 16.2 Å². The second kappa shape index (κ2) is 13.1. The van der Waals surface area contributed by atoms with Crippen LogP contribution in [0.4, 0.5) is 20.2 Å². The molecule has 3 atom stereocenters. The average molecular weight is 717 g/mol. The lowest BCUT2D eigenvalue weighted by Gasteiger charge is -2.45. The lowest BCUT2D eigenvalue weighted by atomic mass is 9.93. The summed E-state index contributed by atoms with van der Waals surface area (Å²) >= 11 is 19.2. The van der Waals surface area contributed by atoms with Crippen LogP contribution in [0.15, 0.2) is 41.4 Å². The number of nitrogens with zero attached hydrogens (tertiary/aromatic N) is 6. The number of hydrogen-bond acceptors (Lipinski definition) is 7. The molecule has 1 amide bonds. The van der Waals surface area contributed by atoms with Crippen molar-refractivity contribution in [1.29, 1.82) is 5.26 Å². The van der Waals surface area contributed by atoms with Gasteiger partial charge in [-0.25, -0.2) is 13.8 Å². The van der Waals surface area contributed by atoms with Gasteiger partial charge < -0.3 is 20.4 Å². The van der Waals surface area contributed by atoms with Gasteiger partial charge in [0.1, 0.15) is 22.3 Å². The number of carbonyl (C=O) groups is 1. The minimum atomic E-state index is -1.43. The van der Waals surface area contributed by atoms with Gasteiger partial charge in [-0.1, -0.05) is 55.2 Å². The predicted octanol–water partition coefficient (Wildman–Crippen LogP) is 7.08. The molecule has 0 aliphatic carbocycles. The predicted molar refractivity (Wildman–Crippen MR) is 188 cm³/mol. The molecule has 2 aliphatic rings. The molecule has 1 saturated heterocycles. The van der Waals surface area contributed by atoms with Crippen LogP contribution in [0.3, 0.4) is 0 Å². The number of piperazine rings is 1. The molecule has 1 unspecified atom stereocenters. The fourth-order valence-corrected chi connectivity index (χ4v) is 7.67. The molecule has 48 heavy (non-hydrogen) atoms. The number of rotatable bonds is 5. The molecular weight excluding hydrogens is 683 g/mol. The largest absolute Gasteiger partial charge is 0.396 e. The molecule has 0 radical (unpaired) electrons. The molecule has 14 heteroatoms. The smallest absolute Gasteiger partial charge is 0.276 e. The first-order valence-corrected chi connectivity index (χ1v) is 16.3. The third-order valence-electron chi connectivity index (χ3n) is 8.94. The molecular formula is C34H34Cl3F2N7O2. The minimum absolute atomic E-state index is 0.0157. The van der Waals surface area contributed by atoms with E-state index in [0.29, 0.717) is 11.1 Å². The number of pyridine rings is 2. The second-order valence-corrected chi connectivity index (χ2v) is 13.7. The van der Waals surface area contributed by atoms with Crippen LogP contribution in [0.25, 0.3) is 28.0 Å². The Hall–Kier alpha value is -4.11. The Morgan fingerprint density at radius 1 is 1.17 bits per heavy atom. The number of halogens is 5. The van der Waals surface area contributed by atoms with E-state index in [4.69, 9.17) is 45.5 Å². The van der Waals surface area contributed by atoms with Crippen molar-refractivity contribution >= 4 is 68.8 Å². The van der Waals surface area contributed by atoms with Crippen LogP contribution in [0.5, 0.6) is 0 Å². The summed E-state index contributed by atoms with van der Waals surface area (Å²) in [6.45, 7) is 13.7. The summed E-state index contributed by atoms with van der Waals surface area (Å²) in [6, 6.07) is 2.59. The number of nitrogens with two attached hydrogens (primary N) is 1. The Morgan fingerprint density at radius 2 is 1.79 bits per heavy atom. The summed E-state index contributed by atoms with van der Waals surface area (Å²) in [5, 5.41) is 9.65. The number of nitriles is 1. The van der Waals surface area contributed by atoms with Crippen LogP contribution in [-0.4, -0.2) is 63.5 Å². The number of likely N-dealkylation sites (N-methyl/N-ethyl adjacent to an activating group) is 1. The van der Waals surface area contributed by atoms with Crippen molar-refractivity contribution in [3.8, 4) is 17.3 Å². The van der Waals surface area contributed by atoms with Crippen LogP contribution in [0, 0.1) is 28.9 Å². The Labute approximate surface area is 292 Å². The molecule has 252 valence electrons. The quantitative estimate of drug-likeness (QED) is 0.130. The fourth-order valence-electron chi connectivity index (χ4n) is 6.93. The summed E-state index contributed by atoms with van der Waals surface area (Å²) in [5.74, 6) is -3.11. The topological polar surface area (TPSA) is 111 Å². The zero-order chi connectivity index (χ0) is 35.5. The van der Waals surface area contributed by atoms with Gasteiger partial charge in [0.05, 0.1) is 44.4 Å². The zero-order valence-electron chi connectivity index (χ0n) is 27.2. The molecule has 0 saturated carbocycles. The highest BCUT2D eigenvalue weighted by Crippen LogP contribution is 2.45. The zero-order valence-corrected chi connectivity index (χ0v) is 29.5. The summed E-state index contributed by atoms with van der Waals surface area (Å²) in [5.41, 5.74) is 5.47. The Balaban J connectivity index is 1.94. The molecule has 5 rings (SSSR count). The minimum Gasteiger partial charge on any atom is -0.396 e. The molecule has 1 aromatic carbocycles. The number of amides is 1. The fraction of sp³-hybridized carbons (Fsp3) is 0.353. The van der Waals surface area contributed by atoms with E-state index in [0.717, 1.165) is 5.57 Å². The summed E-state index contributed by atoms with van der Waals surface area (Å²) < 4.78 is 31.9. The highest BCUT2D eigenvalue weighted by molar-refractivity contribution is 6.41. The maximum Gasteiger partial charge on any atom is 0.276 e. The van der Waals surface area contributed by atoms with Crippen molar-refractivity contribution in [3.63, 3.8) is 0 Å². The number of carbonyl (C=O) groups excluding carboxylic acids is 1. The number of aromatic nitrogens is 2. The first-order chi connectivity index (χ1) is 22.6. The van der Waals surface area contributed by atoms with Gasteiger partial charge in [-0.3, -0.25) is 14.2 Å². The summed E-state index contributed by atoms with van der Waals surface area (Å²) in [7, 11) is 1.87. The molecule has 1 fully saturated rings. The van der Waals surface area contributed by atoms with E-state index in [2.05, 4.69) is 12.6 Å². The highest BCUT2D eigenvalue weighted by Gasteiger charge is 2.37. The van der Waals surface area contributed by atoms with E-state index in [1.54, 1.807) is 4.90 Å². The summed E-state index contributed by atoms with van der Waals surface area (Å²) in [6.07, 6.45) is 4.99. The maximum absolute atomic E-state index is 15.6. The Morgan fingerprint density at radius 3 is 2.35 bits per heavy atom.